The largest absolute Gasteiger partial charge is 0.492 e. The van der Waals surface area contributed by atoms with E-state index in [2.05, 4.69) is 4.74 Å². The van der Waals surface area contributed by atoms with Crippen molar-refractivity contribution in [2.75, 3.05) is 7.11 Å². The Morgan fingerprint density at radius 3 is 2.53 bits per heavy atom. The number of aliphatic hydroxyl groups excluding tert-OH is 1. The third-order valence-electron chi connectivity index (χ3n) is 1.91. The molecule has 1 aromatic carbocycles. The van der Waals surface area contributed by atoms with E-state index in [-0.39, 0.29) is 22.8 Å². The van der Waals surface area contributed by atoms with E-state index in [0.717, 1.165) is 0 Å². The molecule has 0 aromatic heterocycles. The van der Waals surface area contributed by atoms with Gasteiger partial charge < -0.3 is 9.84 Å². The Labute approximate surface area is 91.4 Å². The Hall–Kier alpha value is -0.870. The molecule has 0 radical (unpaired) electrons. The highest BCUT2D eigenvalue weighted by molar-refractivity contribution is 6.32. The van der Waals surface area contributed by atoms with Gasteiger partial charge in [-0.1, -0.05) is 11.6 Å². The predicted octanol–water partition coefficient (Wildman–Crippen LogP) is 2.55. The molecule has 0 amide bonds. The summed E-state index contributed by atoms with van der Waals surface area (Å²) in [5.74, 6) is -2.47. The molecular formula is C10H11ClF2O2. The Morgan fingerprint density at radius 2 is 2.07 bits per heavy atom. The second-order valence-electron chi connectivity index (χ2n) is 3.23. The van der Waals surface area contributed by atoms with Crippen LogP contribution in [0, 0.1) is 11.6 Å². The van der Waals surface area contributed by atoms with Crippen LogP contribution in [0.25, 0.3) is 0 Å². The summed E-state index contributed by atoms with van der Waals surface area (Å²) in [6, 6.07) is 1.26. The average molecular weight is 237 g/mol. The summed E-state index contributed by atoms with van der Waals surface area (Å²) >= 11 is 5.68. The van der Waals surface area contributed by atoms with Crippen LogP contribution in [0.1, 0.15) is 12.5 Å². The molecule has 0 aliphatic rings. The van der Waals surface area contributed by atoms with Crippen molar-refractivity contribution in [1.29, 1.82) is 0 Å². The van der Waals surface area contributed by atoms with E-state index in [0.29, 0.717) is 0 Å². The van der Waals surface area contributed by atoms with E-state index in [1.807, 2.05) is 0 Å². The van der Waals surface area contributed by atoms with Crippen LogP contribution in [-0.4, -0.2) is 18.3 Å². The van der Waals surface area contributed by atoms with Gasteiger partial charge in [0.05, 0.1) is 18.2 Å². The number of rotatable bonds is 3. The Kier molecular flexibility index (Phi) is 3.88. The Balaban J connectivity index is 3.21. The average Bonchev–Trinajstić information content (AvgIpc) is 2.14. The smallest absolute Gasteiger partial charge is 0.202 e. The number of hydrogen-bond acceptors (Lipinski definition) is 2. The van der Waals surface area contributed by atoms with Gasteiger partial charge in [-0.05, 0) is 18.6 Å². The molecule has 2 nitrogen and oxygen atoms in total. The molecular weight excluding hydrogens is 226 g/mol. The number of hydrogen-bond donors (Lipinski definition) is 1. The van der Waals surface area contributed by atoms with E-state index in [9.17, 15) is 8.78 Å². The lowest BCUT2D eigenvalue weighted by Crippen LogP contribution is -2.08. The first-order valence-corrected chi connectivity index (χ1v) is 4.73. The molecule has 0 bridgehead atoms. The highest BCUT2D eigenvalue weighted by Gasteiger charge is 2.18. The van der Waals surface area contributed by atoms with Crippen LogP contribution < -0.4 is 4.74 Å². The number of benzene rings is 1. The number of methoxy groups -OCH3 is 1. The first-order chi connectivity index (χ1) is 6.97. The molecule has 0 spiro atoms. The number of aliphatic hydroxyl groups is 1. The lowest BCUT2D eigenvalue weighted by Gasteiger charge is -2.10. The summed E-state index contributed by atoms with van der Waals surface area (Å²) < 4.78 is 31.3. The minimum atomic E-state index is -1.12. The van der Waals surface area contributed by atoms with Gasteiger partial charge in [-0.25, -0.2) is 4.39 Å². The monoisotopic (exact) mass is 236 g/mol. The minimum absolute atomic E-state index is 0.00642. The van der Waals surface area contributed by atoms with Gasteiger partial charge >= 0.3 is 0 Å². The maximum atomic E-state index is 13.4. The third-order valence-corrected chi connectivity index (χ3v) is 2.19. The van der Waals surface area contributed by atoms with Gasteiger partial charge in [0.1, 0.15) is 0 Å². The topological polar surface area (TPSA) is 29.5 Å². The van der Waals surface area contributed by atoms with Crippen LogP contribution in [0.5, 0.6) is 5.75 Å². The summed E-state index contributed by atoms with van der Waals surface area (Å²) in [4.78, 5) is 0. The fourth-order valence-electron chi connectivity index (χ4n) is 1.28. The van der Waals surface area contributed by atoms with Gasteiger partial charge in [0.15, 0.2) is 11.6 Å². The Bertz CT molecular complexity index is 367. The maximum absolute atomic E-state index is 13.4. The van der Waals surface area contributed by atoms with Crippen molar-refractivity contribution in [1.82, 2.24) is 0 Å². The van der Waals surface area contributed by atoms with Crippen molar-refractivity contribution in [3.63, 3.8) is 0 Å². The van der Waals surface area contributed by atoms with Crippen molar-refractivity contribution in [3.05, 3.63) is 28.3 Å². The fourth-order valence-corrected chi connectivity index (χ4v) is 1.57. The third kappa shape index (κ3) is 2.58. The normalized spacial score (nSPS) is 12.7. The maximum Gasteiger partial charge on any atom is 0.202 e. The van der Waals surface area contributed by atoms with Crippen LogP contribution in [0.2, 0.25) is 5.02 Å². The van der Waals surface area contributed by atoms with Gasteiger partial charge in [-0.15, -0.1) is 0 Å². The van der Waals surface area contributed by atoms with Crippen molar-refractivity contribution < 1.29 is 18.6 Å². The SMILES string of the molecule is COc1c(Cl)cc(CC(C)O)c(F)c1F. The van der Waals surface area contributed by atoms with E-state index in [4.69, 9.17) is 16.7 Å². The predicted molar refractivity (Wildman–Crippen MR) is 53.3 cm³/mol. The summed E-state index contributed by atoms with van der Waals surface area (Å²) in [7, 11) is 1.21. The summed E-state index contributed by atoms with van der Waals surface area (Å²) in [5, 5.41) is 9.07. The zero-order valence-electron chi connectivity index (χ0n) is 8.35. The van der Waals surface area contributed by atoms with Crippen molar-refractivity contribution in [3.8, 4) is 5.75 Å². The molecule has 0 aliphatic carbocycles. The van der Waals surface area contributed by atoms with Crippen LogP contribution in [0.15, 0.2) is 6.07 Å². The molecule has 1 atom stereocenters. The zero-order chi connectivity index (χ0) is 11.6. The molecule has 84 valence electrons. The number of halogens is 3. The molecule has 0 heterocycles. The Morgan fingerprint density at radius 1 is 1.47 bits per heavy atom. The van der Waals surface area contributed by atoms with Crippen molar-refractivity contribution in [2.45, 2.75) is 19.4 Å². The molecule has 0 fully saturated rings. The molecule has 1 aromatic rings. The van der Waals surface area contributed by atoms with Crippen LogP contribution >= 0.6 is 11.6 Å². The molecule has 0 saturated heterocycles. The molecule has 1 rings (SSSR count). The first kappa shape index (κ1) is 12.2. The highest BCUT2D eigenvalue weighted by Crippen LogP contribution is 2.31. The molecule has 15 heavy (non-hydrogen) atoms. The first-order valence-electron chi connectivity index (χ1n) is 4.35. The highest BCUT2D eigenvalue weighted by atomic mass is 35.5. The fraction of sp³-hybridized carbons (Fsp3) is 0.400. The molecule has 1 N–H and O–H groups in total. The minimum Gasteiger partial charge on any atom is -0.492 e. The van der Waals surface area contributed by atoms with E-state index in [1.54, 1.807) is 0 Å². The lowest BCUT2D eigenvalue weighted by molar-refractivity contribution is 0.193. The summed E-state index contributed by atoms with van der Waals surface area (Å²) in [6.07, 6.45) is -0.754. The molecule has 5 heteroatoms. The van der Waals surface area contributed by atoms with Gasteiger partial charge in [-0.3, -0.25) is 0 Å². The van der Waals surface area contributed by atoms with Crippen LogP contribution in [-0.2, 0) is 6.42 Å². The van der Waals surface area contributed by atoms with Crippen LogP contribution in [0.3, 0.4) is 0 Å². The second-order valence-corrected chi connectivity index (χ2v) is 3.64. The summed E-state index contributed by atoms with van der Waals surface area (Å²) in [5.41, 5.74) is 0.0355. The van der Waals surface area contributed by atoms with Gasteiger partial charge in [0.2, 0.25) is 5.82 Å². The summed E-state index contributed by atoms with van der Waals surface area (Å²) in [6.45, 7) is 1.48. The van der Waals surface area contributed by atoms with Gasteiger partial charge in [0, 0.05) is 6.42 Å². The number of ether oxygens (including phenoxy) is 1. The molecule has 0 aliphatic heterocycles. The van der Waals surface area contributed by atoms with E-state index in [1.165, 1.54) is 20.1 Å². The van der Waals surface area contributed by atoms with Gasteiger partial charge in [-0.2, -0.15) is 4.39 Å². The lowest BCUT2D eigenvalue weighted by atomic mass is 10.1. The zero-order valence-corrected chi connectivity index (χ0v) is 9.11. The van der Waals surface area contributed by atoms with Crippen molar-refractivity contribution >= 4 is 11.6 Å². The second kappa shape index (κ2) is 4.77. The van der Waals surface area contributed by atoms with Crippen LogP contribution in [0.4, 0.5) is 8.78 Å². The quantitative estimate of drug-likeness (QED) is 0.818. The van der Waals surface area contributed by atoms with E-state index < -0.39 is 17.7 Å². The van der Waals surface area contributed by atoms with Crippen molar-refractivity contribution in [2.24, 2.45) is 0 Å². The molecule has 0 saturated carbocycles. The van der Waals surface area contributed by atoms with E-state index >= 15 is 0 Å². The molecule has 1 unspecified atom stereocenters. The van der Waals surface area contributed by atoms with Gasteiger partial charge in [0.25, 0.3) is 0 Å². The standard InChI is InChI=1S/C10H11ClF2O2/c1-5(14)3-6-4-7(11)10(15-2)9(13)8(6)12/h4-5,14H,3H2,1-2H3.